The van der Waals surface area contributed by atoms with Crippen molar-refractivity contribution in [2.45, 2.75) is 75.8 Å². The van der Waals surface area contributed by atoms with Crippen molar-refractivity contribution in [1.29, 1.82) is 0 Å². The van der Waals surface area contributed by atoms with Gasteiger partial charge in [0.1, 0.15) is 12.1 Å². The summed E-state index contributed by atoms with van der Waals surface area (Å²) in [7, 11) is 1.66. The molecule has 8 nitrogen and oxygen atoms in total. The van der Waals surface area contributed by atoms with Crippen molar-refractivity contribution in [3.8, 4) is 0 Å². The molecule has 3 aliphatic rings. The number of hydrogen-bond donors (Lipinski definition) is 1. The van der Waals surface area contributed by atoms with Crippen molar-refractivity contribution >= 4 is 23.8 Å². The van der Waals surface area contributed by atoms with E-state index in [9.17, 15) is 19.2 Å². The molecule has 27 heavy (non-hydrogen) atoms. The number of aliphatic carboxylic acids is 1. The van der Waals surface area contributed by atoms with Crippen molar-refractivity contribution in [3.63, 3.8) is 0 Å². The van der Waals surface area contributed by atoms with Gasteiger partial charge in [-0.2, -0.15) is 0 Å². The summed E-state index contributed by atoms with van der Waals surface area (Å²) >= 11 is 0. The molecule has 1 unspecified atom stereocenters. The van der Waals surface area contributed by atoms with E-state index in [2.05, 4.69) is 0 Å². The molecule has 1 N–H and O–H groups in total. The lowest BCUT2D eigenvalue weighted by molar-refractivity contribution is -0.143. The highest BCUT2D eigenvalue weighted by Crippen LogP contribution is 2.39. The van der Waals surface area contributed by atoms with Crippen LogP contribution in [-0.2, 0) is 14.4 Å². The number of piperidine rings is 1. The maximum absolute atomic E-state index is 13.0. The number of carbonyl (C=O) groups is 4. The van der Waals surface area contributed by atoms with Crippen LogP contribution in [0.3, 0.4) is 0 Å². The maximum Gasteiger partial charge on any atom is 0.327 e. The number of carbonyl (C=O) groups excluding carboxylic acids is 3. The normalized spacial score (nSPS) is 25.4. The third kappa shape index (κ3) is 3.66. The Morgan fingerprint density at radius 3 is 2.48 bits per heavy atom. The van der Waals surface area contributed by atoms with Gasteiger partial charge in [-0.3, -0.25) is 19.3 Å². The third-order valence-corrected chi connectivity index (χ3v) is 6.42. The Bertz CT molecular complexity index is 629. The highest BCUT2D eigenvalue weighted by Gasteiger charge is 2.56. The summed E-state index contributed by atoms with van der Waals surface area (Å²) in [6, 6.07) is -0.522. The Balaban J connectivity index is 1.69. The SMILES string of the molecule is CN1C(=O)N(CC(=O)N2CCCCC2CCC(=O)O)C(=O)C12CCCCC2. The summed E-state index contributed by atoms with van der Waals surface area (Å²) in [5.41, 5.74) is -0.778. The molecule has 2 aliphatic heterocycles. The van der Waals surface area contributed by atoms with Crippen molar-refractivity contribution in [3.05, 3.63) is 0 Å². The topological polar surface area (TPSA) is 98.2 Å². The van der Waals surface area contributed by atoms with E-state index in [4.69, 9.17) is 5.11 Å². The number of urea groups is 1. The molecule has 1 saturated carbocycles. The molecule has 0 aromatic rings. The number of nitrogens with zero attached hydrogens (tertiary/aromatic N) is 3. The van der Waals surface area contributed by atoms with E-state index < -0.39 is 17.5 Å². The predicted octanol–water partition coefficient (Wildman–Crippen LogP) is 1.83. The highest BCUT2D eigenvalue weighted by molar-refractivity contribution is 6.09. The van der Waals surface area contributed by atoms with Crippen LogP contribution in [-0.4, -0.2) is 75.3 Å². The Hall–Kier alpha value is -2.12. The molecule has 3 fully saturated rings. The van der Waals surface area contributed by atoms with Crippen LogP contribution in [0.1, 0.15) is 64.2 Å². The second-order valence-electron chi connectivity index (χ2n) is 7.99. The van der Waals surface area contributed by atoms with Gasteiger partial charge in [0.2, 0.25) is 5.91 Å². The van der Waals surface area contributed by atoms with Crippen molar-refractivity contribution in [2.75, 3.05) is 20.1 Å². The molecule has 8 heteroatoms. The van der Waals surface area contributed by atoms with Gasteiger partial charge in [-0.15, -0.1) is 0 Å². The van der Waals surface area contributed by atoms with Crippen LogP contribution in [0.4, 0.5) is 4.79 Å². The monoisotopic (exact) mass is 379 g/mol. The summed E-state index contributed by atoms with van der Waals surface area (Å²) in [5, 5.41) is 8.93. The van der Waals surface area contributed by atoms with Gasteiger partial charge in [0.15, 0.2) is 0 Å². The number of carboxylic acid groups (broad SMARTS) is 1. The average molecular weight is 379 g/mol. The summed E-state index contributed by atoms with van der Waals surface area (Å²) < 4.78 is 0. The average Bonchev–Trinajstić information content (AvgIpc) is 2.83. The van der Waals surface area contributed by atoms with Gasteiger partial charge < -0.3 is 14.9 Å². The van der Waals surface area contributed by atoms with Crippen LogP contribution in [0, 0.1) is 0 Å². The van der Waals surface area contributed by atoms with Crippen LogP contribution >= 0.6 is 0 Å². The maximum atomic E-state index is 13.0. The number of rotatable bonds is 5. The molecule has 3 rings (SSSR count). The zero-order valence-electron chi connectivity index (χ0n) is 16.0. The Kier molecular flexibility index (Phi) is 5.72. The lowest BCUT2D eigenvalue weighted by Crippen LogP contribution is -2.51. The first-order valence-corrected chi connectivity index (χ1v) is 9.98. The smallest absolute Gasteiger partial charge is 0.327 e. The Morgan fingerprint density at radius 2 is 1.81 bits per heavy atom. The van der Waals surface area contributed by atoms with Gasteiger partial charge in [-0.05, 0) is 38.5 Å². The Morgan fingerprint density at radius 1 is 1.11 bits per heavy atom. The first kappa shape index (κ1) is 19.6. The molecule has 4 amide bonds. The number of likely N-dealkylation sites (N-methyl/N-ethyl adjacent to an activating group) is 1. The molecule has 0 radical (unpaired) electrons. The molecule has 0 bridgehead atoms. The number of amides is 4. The third-order valence-electron chi connectivity index (χ3n) is 6.42. The first-order chi connectivity index (χ1) is 12.9. The molecule has 1 atom stereocenters. The van der Waals surface area contributed by atoms with Gasteiger partial charge in [0.25, 0.3) is 5.91 Å². The number of likely N-dealkylation sites (tertiary alicyclic amines) is 1. The molecular weight excluding hydrogens is 350 g/mol. The van der Waals surface area contributed by atoms with Gasteiger partial charge in [-0.1, -0.05) is 19.3 Å². The van der Waals surface area contributed by atoms with E-state index in [1.807, 2.05) is 0 Å². The molecule has 0 aromatic heterocycles. The lowest BCUT2D eigenvalue weighted by atomic mass is 9.81. The summed E-state index contributed by atoms with van der Waals surface area (Å²) in [4.78, 5) is 53.8. The van der Waals surface area contributed by atoms with Crippen LogP contribution in [0.15, 0.2) is 0 Å². The van der Waals surface area contributed by atoms with E-state index >= 15 is 0 Å². The summed E-state index contributed by atoms with van der Waals surface area (Å²) in [6.07, 6.45) is 7.22. The number of hydrogen-bond acceptors (Lipinski definition) is 4. The fourth-order valence-electron chi connectivity index (χ4n) is 4.82. The van der Waals surface area contributed by atoms with Gasteiger partial charge in [-0.25, -0.2) is 4.79 Å². The predicted molar refractivity (Wildman–Crippen MR) is 96.9 cm³/mol. The fraction of sp³-hybridized carbons (Fsp3) is 0.789. The highest BCUT2D eigenvalue weighted by atomic mass is 16.4. The summed E-state index contributed by atoms with van der Waals surface area (Å²) in [6.45, 7) is 0.313. The molecule has 150 valence electrons. The van der Waals surface area contributed by atoms with Gasteiger partial charge >= 0.3 is 12.0 Å². The molecule has 1 spiro atoms. The van der Waals surface area contributed by atoms with Crippen LogP contribution in [0.2, 0.25) is 0 Å². The van der Waals surface area contributed by atoms with Crippen molar-refractivity contribution in [2.24, 2.45) is 0 Å². The minimum absolute atomic E-state index is 0.0157. The second kappa shape index (κ2) is 7.86. The number of imide groups is 1. The molecular formula is C19H29N3O5. The first-order valence-electron chi connectivity index (χ1n) is 9.98. The lowest BCUT2D eigenvalue weighted by Gasteiger charge is -2.36. The molecule has 1 aliphatic carbocycles. The van der Waals surface area contributed by atoms with Crippen molar-refractivity contribution in [1.82, 2.24) is 14.7 Å². The zero-order valence-corrected chi connectivity index (χ0v) is 16.0. The largest absolute Gasteiger partial charge is 0.481 e. The van der Waals surface area contributed by atoms with Crippen LogP contribution in [0.5, 0.6) is 0 Å². The van der Waals surface area contributed by atoms with E-state index in [1.54, 1.807) is 11.9 Å². The van der Waals surface area contributed by atoms with Crippen LogP contribution in [0.25, 0.3) is 0 Å². The fourth-order valence-corrected chi connectivity index (χ4v) is 4.82. The molecule has 2 heterocycles. The van der Waals surface area contributed by atoms with E-state index in [0.717, 1.165) is 43.4 Å². The molecule has 0 aromatic carbocycles. The Labute approximate surface area is 159 Å². The van der Waals surface area contributed by atoms with E-state index in [0.29, 0.717) is 25.8 Å². The van der Waals surface area contributed by atoms with Gasteiger partial charge in [0, 0.05) is 26.1 Å². The van der Waals surface area contributed by atoms with Crippen LogP contribution < -0.4 is 0 Å². The minimum Gasteiger partial charge on any atom is -0.481 e. The number of carboxylic acids is 1. The van der Waals surface area contributed by atoms with E-state index in [-0.39, 0.29) is 30.8 Å². The standard InChI is InChI=1S/C19H29N3O5/c1-20-18(27)22(17(26)19(20)10-4-2-5-11-19)13-15(23)21-12-6-3-7-14(21)8-9-16(24)25/h14H,2-13H2,1H3,(H,24,25). The summed E-state index contributed by atoms with van der Waals surface area (Å²) in [5.74, 6) is -1.38. The minimum atomic E-state index is -0.876. The van der Waals surface area contributed by atoms with Crippen molar-refractivity contribution < 1.29 is 24.3 Å². The second-order valence-corrected chi connectivity index (χ2v) is 7.99. The quantitative estimate of drug-likeness (QED) is 0.735. The zero-order chi connectivity index (χ0) is 19.6. The van der Waals surface area contributed by atoms with E-state index in [1.165, 1.54) is 4.90 Å². The molecule has 2 saturated heterocycles. The van der Waals surface area contributed by atoms with Gasteiger partial charge in [0.05, 0.1) is 0 Å².